The lowest BCUT2D eigenvalue weighted by molar-refractivity contribution is -0.149. The summed E-state index contributed by atoms with van der Waals surface area (Å²) in [4.78, 5) is 21.1. The predicted octanol–water partition coefficient (Wildman–Crippen LogP) is 3.35. The largest absolute Gasteiger partial charge is 0.495 e. The number of nitrogens with one attached hydrogen (secondary N) is 1. The molecule has 3 N–H and O–H groups in total. The maximum Gasteiger partial charge on any atom is 0.411 e. The van der Waals surface area contributed by atoms with Gasteiger partial charge in [-0.15, -0.1) is 0 Å². The SMILES string of the molecule is COc1cc(-c2cn(C3CCOCC3)c3ncnc(N)c23)ccc1NC(=O)OCC1CCOCO1. The Balaban J connectivity index is 1.39. The van der Waals surface area contributed by atoms with E-state index in [-0.39, 0.29) is 25.5 Å². The number of fused-ring (bicyclic) bond motifs is 1. The monoisotopic (exact) mass is 483 g/mol. The van der Waals surface area contributed by atoms with Crippen LogP contribution in [0.25, 0.3) is 22.2 Å². The number of amides is 1. The molecule has 11 nitrogen and oxygen atoms in total. The zero-order valence-corrected chi connectivity index (χ0v) is 19.6. The van der Waals surface area contributed by atoms with Gasteiger partial charge in [-0.05, 0) is 30.5 Å². The molecule has 2 aliphatic rings. The lowest BCUT2D eigenvalue weighted by Gasteiger charge is -2.24. The van der Waals surface area contributed by atoms with Crippen LogP contribution in [0, 0.1) is 0 Å². The Labute approximate surface area is 202 Å². The van der Waals surface area contributed by atoms with Gasteiger partial charge in [0.25, 0.3) is 0 Å². The Kier molecular flexibility index (Phi) is 6.98. The number of nitrogen functional groups attached to an aromatic ring is 1. The van der Waals surface area contributed by atoms with Crippen LogP contribution in [0.5, 0.6) is 5.75 Å². The molecule has 1 unspecified atom stereocenters. The van der Waals surface area contributed by atoms with Gasteiger partial charge in [0.05, 0.1) is 30.9 Å². The number of anilines is 2. The minimum absolute atomic E-state index is 0.153. The summed E-state index contributed by atoms with van der Waals surface area (Å²) in [5.41, 5.74) is 9.34. The number of carbonyl (C=O) groups excluding carboxylic acids is 1. The van der Waals surface area contributed by atoms with Gasteiger partial charge in [0.15, 0.2) is 0 Å². The number of nitrogens with zero attached hydrogens (tertiary/aromatic N) is 3. The van der Waals surface area contributed by atoms with Crippen molar-refractivity contribution in [2.75, 3.05) is 51.4 Å². The van der Waals surface area contributed by atoms with E-state index >= 15 is 0 Å². The molecular formula is C24H29N5O6. The summed E-state index contributed by atoms with van der Waals surface area (Å²) in [6, 6.07) is 5.80. The Morgan fingerprint density at radius 1 is 1.20 bits per heavy atom. The van der Waals surface area contributed by atoms with Crippen LogP contribution in [0.3, 0.4) is 0 Å². The molecule has 0 bridgehead atoms. The molecule has 4 heterocycles. The number of rotatable bonds is 6. The summed E-state index contributed by atoms with van der Waals surface area (Å²) in [5, 5.41) is 3.53. The quantitative estimate of drug-likeness (QED) is 0.542. The summed E-state index contributed by atoms with van der Waals surface area (Å²) < 4.78 is 29.1. The zero-order valence-electron chi connectivity index (χ0n) is 19.6. The standard InChI is InChI=1S/C24H29N5O6/c1-31-20-10-15(2-3-19(20)28-24(30)34-12-17-6-9-33-14-35-17)18-11-29(16-4-7-32-8-5-16)23-21(18)22(25)26-13-27-23/h2-3,10-11,13,16-17H,4-9,12,14H2,1H3,(H,28,30)(H2,25,26,27). The first-order chi connectivity index (χ1) is 17.1. The van der Waals surface area contributed by atoms with Crippen LogP contribution in [0.2, 0.25) is 0 Å². The van der Waals surface area contributed by atoms with Gasteiger partial charge in [-0.3, -0.25) is 5.32 Å². The highest BCUT2D eigenvalue weighted by Crippen LogP contribution is 2.39. The second-order valence-corrected chi connectivity index (χ2v) is 8.49. The van der Waals surface area contributed by atoms with Crippen molar-refractivity contribution in [3.8, 4) is 16.9 Å². The van der Waals surface area contributed by atoms with Crippen LogP contribution < -0.4 is 15.8 Å². The molecule has 186 valence electrons. The first kappa shape index (κ1) is 23.3. The van der Waals surface area contributed by atoms with E-state index < -0.39 is 6.09 Å². The topological polar surface area (TPSA) is 132 Å². The number of benzene rings is 1. The summed E-state index contributed by atoms with van der Waals surface area (Å²) in [6.45, 7) is 2.38. The van der Waals surface area contributed by atoms with E-state index in [0.717, 1.165) is 35.0 Å². The molecule has 0 saturated carbocycles. The van der Waals surface area contributed by atoms with E-state index in [4.69, 9.17) is 29.4 Å². The first-order valence-electron chi connectivity index (χ1n) is 11.6. The zero-order chi connectivity index (χ0) is 24.2. The third-order valence-electron chi connectivity index (χ3n) is 6.34. The molecule has 5 rings (SSSR count). The molecule has 0 spiro atoms. The van der Waals surface area contributed by atoms with Crippen LogP contribution in [-0.2, 0) is 18.9 Å². The Hall–Kier alpha value is -3.41. The number of ether oxygens (including phenoxy) is 5. The highest BCUT2D eigenvalue weighted by Gasteiger charge is 2.23. The van der Waals surface area contributed by atoms with Crippen molar-refractivity contribution in [2.24, 2.45) is 0 Å². The Bertz CT molecular complexity index is 1190. The molecule has 2 fully saturated rings. The molecule has 0 radical (unpaired) electrons. The Morgan fingerprint density at radius 3 is 2.80 bits per heavy atom. The molecule has 35 heavy (non-hydrogen) atoms. The van der Waals surface area contributed by atoms with Gasteiger partial charge in [-0.1, -0.05) is 6.07 Å². The van der Waals surface area contributed by atoms with Crippen molar-refractivity contribution in [3.63, 3.8) is 0 Å². The maximum absolute atomic E-state index is 12.4. The first-order valence-corrected chi connectivity index (χ1v) is 11.6. The molecule has 2 saturated heterocycles. The van der Waals surface area contributed by atoms with Crippen LogP contribution >= 0.6 is 0 Å². The van der Waals surface area contributed by atoms with Gasteiger partial charge in [0.2, 0.25) is 0 Å². The second kappa shape index (κ2) is 10.5. The van der Waals surface area contributed by atoms with E-state index in [1.165, 1.54) is 6.33 Å². The van der Waals surface area contributed by atoms with Crippen LogP contribution in [0.4, 0.5) is 16.3 Å². The van der Waals surface area contributed by atoms with Crippen LogP contribution in [0.1, 0.15) is 25.3 Å². The van der Waals surface area contributed by atoms with Crippen LogP contribution in [0.15, 0.2) is 30.7 Å². The average molecular weight is 484 g/mol. The minimum atomic E-state index is -0.583. The minimum Gasteiger partial charge on any atom is -0.495 e. The fourth-order valence-electron chi connectivity index (χ4n) is 4.48. The number of hydrogen-bond donors (Lipinski definition) is 2. The average Bonchev–Trinajstić information content (AvgIpc) is 3.30. The van der Waals surface area contributed by atoms with Crippen molar-refractivity contribution in [3.05, 3.63) is 30.7 Å². The molecular weight excluding hydrogens is 454 g/mol. The van der Waals surface area contributed by atoms with Crippen molar-refractivity contribution >= 4 is 28.6 Å². The van der Waals surface area contributed by atoms with Gasteiger partial charge >= 0.3 is 6.09 Å². The summed E-state index contributed by atoms with van der Waals surface area (Å²) in [5.74, 6) is 0.903. The van der Waals surface area contributed by atoms with Crippen molar-refractivity contribution in [2.45, 2.75) is 31.4 Å². The van der Waals surface area contributed by atoms with E-state index in [9.17, 15) is 4.79 Å². The fraction of sp³-hybridized carbons (Fsp3) is 0.458. The van der Waals surface area contributed by atoms with Gasteiger partial charge in [0, 0.05) is 37.4 Å². The number of aromatic nitrogens is 3. The molecule has 0 aliphatic carbocycles. The maximum atomic E-state index is 12.4. The molecule has 2 aliphatic heterocycles. The third-order valence-corrected chi connectivity index (χ3v) is 6.34. The number of methoxy groups -OCH3 is 1. The van der Waals surface area contributed by atoms with E-state index in [1.807, 2.05) is 12.1 Å². The molecule has 2 aromatic heterocycles. The van der Waals surface area contributed by atoms with E-state index in [1.54, 1.807) is 13.2 Å². The lowest BCUT2D eigenvalue weighted by atomic mass is 10.0. The van der Waals surface area contributed by atoms with Gasteiger partial charge < -0.3 is 34.0 Å². The number of nitrogens with two attached hydrogens (primary N) is 1. The summed E-state index contributed by atoms with van der Waals surface area (Å²) in [7, 11) is 1.55. The van der Waals surface area contributed by atoms with Gasteiger partial charge in [-0.2, -0.15) is 0 Å². The molecule has 11 heteroatoms. The summed E-state index contributed by atoms with van der Waals surface area (Å²) >= 11 is 0. The highest BCUT2D eigenvalue weighted by atomic mass is 16.7. The second-order valence-electron chi connectivity index (χ2n) is 8.49. The highest BCUT2D eigenvalue weighted by molar-refractivity contribution is 6.01. The van der Waals surface area contributed by atoms with Crippen molar-refractivity contribution in [1.82, 2.24) is 14.5 Å². The van der Waals surface area contributed by atoms with Crippen molar-refractivity contribution < 1.29 is 28.5 Å². The smallest absolute Gasteiger partial charge is 0.411 e. The van der Waals surface area contributed by atoms with Gasteiger partial charge in [0.1, 0.15) is 36.9 Å². The lowest BCUT2D eigenvalue weighted by Crippen LogP contribution is -2.30. The fourth-order valence-corrected chi connectivity index (χ4v) is 4.48. The summed E-state index contributed by atoms with van der Waals surface area (Å²) in [6.07, 6.45) is 5.29. The number of carbonyl (C=O) groups is 1. The van der Waals surface area contributed by atoms with Crippen molar-refractivity contribution in [1.29, 1.82) is 0 Å². The molecule has 3 aromatic rings. The van der Waals surface area contributed by atoms with Crippen LogP contribution in [-0.4, -0.2) is 67.1 Å². The van der Waals surface area contributed by atoms with E-state index in [2.05, 4.69) is 26.0 Å². The molecule has 1 amide bonds. The third kappa shape index (κ3) is 5.02. The normalized spacial score (nSPS) is 18.9. The molecule has 1 aromatic carbocycles. The van der Waals surface area contributed by atoms with Gasteiger partial charge in [-0.25, -0.2) is 14.8 Å². The predicted molar refractivity (Wildman–Crippen MR) is 128 cm³/mol. The Morgan fingerprint density at radius 2 is 2.03 bits per heavy atom. The van der Waals surface area contributed by atoms with E-state index in [0.29, 0.717) is 43.5 Å². The molecule has 1 atom stereocenters. The number of hydrogen-bond acceptors (Lipinski definition) is 9.